The lowest BCUT2D eigenvalue weighted by atomic mass is 10.1. The largest absolute Gasteiger partial charge is 0.368 e. The fourth-order valence-corrected chi connectivity index (χ4v) is 1.47. The number of aromatic nitrogens is 2. The number of aromatic amines is 1. The Kier molecular flexibility index (Phi) is 4.91. The van der Waals surface area contributed by atoms with E-state index in [9.17, 15) is 10.1 Å². The zero-order chi connectivity index (χ0) is 12.0. The molecule has 0 aliphatic rings. The third-order valence-corrected chi connectivity index (χ3v) is 2.27. The van der Waals surface area contributed by atoms with Crippen molar-refractivity contribution in [2.75, 3.05) is 6.61 Å². The molecule has 1 aromatic rings. The van der Waals surface area contributed by atoms with Gasteiger partial charge in [0.05, 0.1) is 0 Å². The van der Waals surface area contributed by atoms with Crippen molar-refractivity contribution >= 4 is 5.82 Å². The monoisotopic (exact) mass is 227 g/mol. The molecule has 90 valence electrons. The topological polar surface area (TPSA) is 81.1 Å². The number of nitro groups is 1. The molecule has 6 nitrogen and oxygen atoms in total. The van der Waals surface area contributed by atoms with Crippen LogP contribution in [0.15, 0.2) is 6.20 Å². The van der Waals surface area contributed by atoms with Crippen molar-refractivity contribution < 1.29 is 9.66 Å². The highest BCUT2D eigenvalue weighted by atomic mass is 16.6. The molecule has 1 atom stereocenters. The maximum atomic E-state index is 10.5. The summed E-state index contributed by atoms with van der Waals surface area (Å²) in [6.45, 7) is 4.56. The van der Waals surface area contributed by atoms with Crippen LogP contribution in [-0.2, 0) is 4.74 Å². The van der Waals surface area contributed by atoms with Crippen molar-refractivity contribution in [2.24, 2.45) is 0 Å². The second kappa shape index (κ2) is 6.22. The normalized spacial score (nSPS) is 12.6. The van der Waals surface area contributed by atoms with Gasteiger partial charge in [-0.05, 0) is 18.3 Å². The van der Waals surface area contributed by atoms with E-state index in [4.69, 9.17) is 4.74 Å². The van der Waals surface area contributed by atoms with E-state index in [0.717, 1.165) is 19.3 Å². The summed E-state index contributed by atoms with van der Waals surface area (Å²) in [7, 11) is 0. The number of nitrogens with zero attached hydrogens (tertiary/aromatic N) is 2. The average Bonchev–Trinajstić information content (AvgIpc) is 2.73. The molecule has 1 unspecified atom stereocenters. The van der Waals surface area contributed by atoms with Crippen LogP contribution in [0.2, 0.25) is 0 Å². The molecular weight excluding hydrogens is 210 g/mol. The lowest BCUT2D eigenvalue weighted by molar-refractivity contribution is -0.389. The third kappa shape index (κ3) is 3.30. The molecule has 1 heterocycles. The van der Waals surface area contributed by atoms with Crippen molar-refractivity contribution in [2.45, 2.75) is 39.2 Å². The first-order valence-corrected chi connectivity index (χ1v) is 5.49. The molecule has 0 spiro atoms. The van der Waals surface area contributed by atoms with E-state index in [1.54, 1.807) is 0 Å². The van der Waals surface area contributed by atoms with Gasteiger partial charge in [0.15, 0.2) is 0 Å². The summed E-state index contributed by atoms with van der Waals surface area (Å²) in [5.74, 6) is 0.457. The van der Waals surface area contributed by atoms with Gasteiger partial charge in [0, 0.05) is 6.61 Å². The Labute approximate surface area is 94.2 Å². The second-order valence-corrected chi connectivity index (χ2v) is 3.50. The van der Waals surface area contributed by atoms with Gasteiger partial charge in [-0.25, -0.2) is 9.97 Å². The molecular formula is C10H17N3O3. The van der Waals surface area contributed by atoms with E-state index < -0.39 is 4.92 Å². The molecule has 0 amide bonds. The van der Waals surface area contributed by atoms with Crippen LogP contribution in [0.5, 0.6) is 0 Å². The minimum atomic E-state index is -0.487. The molecule has 1 aromatic heterocycles. The molecule has 0 saturated carbocycles. The standard InChI is InChI=1S/C10H17N3O3/c1-3-5-6-8(16-4-2)10-11-7-9(12-10)13(14)15/h7-8H,3-6H2,1-2H3,(H,11,12). The van der Waals surface area contributed by atoms with Crippen LogP contribution in [0.1, 0.15) is 45.0 Å². The second-order valence-electron chi connectivity index (χ2n) is 3.50. The number of imidazole rings is 1. The predicted octanol–water partition coefficient (Wildman–Crippen LogP) is 2.59. The van der Waals surface area contributed by atoms with Gasteiger partial charge in [-0.15, -0.1) is 0 Å². The van der Waals surface area contributed by atoms with E-state index in [2.05, 4.69) is 16.9 Å². The van der Waals surface area contributed by atoms with Gasteiger partial charge in [-0.3, -0.25) is 0 Å². The SMILES string of the molecule is CCCCC(OCC)c1ncc([N+](=O)[O-])[nH]1. The van der Waals surface area contributed by atoms with Crippen LogP contribution in [0.3, 0.4) is 0 Å². The van der Waals surface area contributed by atoms with Crippen molar-refractivity contribution in [3.05, 3.63) is 22.1 Å². The molecule has 0 aromatic carbocycles. The van der Waals surface area contributed by atoms with Crippen LogP contribution in [0, 0.1) is 10.1 Å². The van der Waals surface area contributed by atoms with Crippen LogP contribution in [0.4, 0.5) is 5.82 Å². The minimum absolute atomic E-state index is 0.0869. The first kappa shape index (κ1) is 12.6. The molecule has 6 heteroatoms. The zero-order valence-electron chi connectivity index (χ0n) is 9.60. The van der Waals surface area contributed by atoms with Crippen LogP contribution in [0.25, 0.3) is 0 Å². The van der Waals surface area contributed by atoms with Crippen molar-refractivity contribution in [3.63, 3.8) is 0 Å². The molecule has 1 rings (SSSR count). The summed E-state index contributed by atoms with van der Waals surface area (Å²) in [6.07, 6.45) is 3.96. The van der Waals surface area contributed by atoms with Gasteiger partial charge in [-0.2, -0.15) is 0 Å². The van der Waals surface area contributed by atoms with E-state index in [0.29, 0.717) is 12.4 Å². The number of unbranched alkanes of at least 4 members (excludes halogenated alkanes) is 1. The van der Waals surface area contributed by atoms with Gasteiger partial charge in [0.25, 0.3) is 0 Å². The predicted molar refractivity (Wildman–Crippen MR) is 59.1 cm³/mol. The summed E-state index contributed by atoms with van der Waals surface area (Å²) in [6, 6.07) is 0. The first-order chi connectivity index (χ1) is 7.69. The van der Waals surface area contributed by atoms with E-state index in [-0.39, 0.29) is 11.9 Å². The Bertz CT molecular complexity index is 338. The number of nitrogens with one attached hydrogen (secondary N) is 1. The van der Waals surface area contributed by atoms with E-state index in [1.807, 2.05) is 6.92 Å². The fourth-order valence-electron chi connectivity index (χ4n) is 1.47. The Morgan fingerprint density at radius 2 is 2.38 bits per heavy atom. The van der Waals surface area contributed by atoms with E-state index in [1.165, 1.54) is 6.20 Å². The minimum Gasteiger partial charge on any atom is -0.368 e. The molecule has 0 bridgehead atoms. The highest BCUT2D eigenvalue weighted by Gasteiger charge is 2.20. The molecule has 0 fully saturated rings. The maximum absolute atomic E-state index is 10.5. The number of hydrogen-bond donors (Lipinski definition) is 1. The van der Waals surface area contributed by atoms with Crippen molar-refractivity contribution in [3.8, 4) is 0 Å². The maximum Gasteiger partial charge on any atom is 0.340 e. The lowest BCUT2D eigenvalue weighted by Gasteiger charge is -2.11. The number of rotatable bonds is 7. The molecule has 0 aliphatic heterocycles. The first-order valence-electron chi connectivity index (χ1n) is 5.49. The van der Waals surface area contributed by atoms with Crippen molar-refractivity contribution in [1.82, 2.24) is 9.97 Å². The molecule has 1 N–H and O–H groups in total. The molecule has 0 saturated heterocycles. The smallest absolute Gasteiger partial charge is 0.340 e. The van der Waals surface area contributed by atoms with Gasteiger partial charge >= 0.3 is 5.82 Å². The van der Waals surface area contributed by atoms with Gasteiger partial charge in [0.1, 0.15) is 12.3 Å². The summed E-state index contributed by atoms with van der Waals surface area (Å²) < 4.78 is 5.51. The van der Waals surface area contributed by atoms with E-state index >= 15 is 0 Å². The number of ether oxygens (including phenoxy) is 1. The summed E-state index contributed by atoms with van der Waals surface area (Å²) in [4.78, 5) is 16.7. The Balaban J connectivity index is 2.71. The Hall–Kier alpha value is -1.43. The van der Waals surface area contributed by atoms with Crippen LogP contribution in [-0.4, -0.2) is 21.5 Å². The number of H-pyrrole nitrogens is 1. The quantitative estimate of drug-likeness (QED) is 0.573. The lowest BCUT2D eigenvalue weighted by Crippen LogP contribution is -2.06. The van der Waals surface area contributed by atoms with Gasteiger partial charge in [0.2, 0.25) is 5.82 Å². The zero-order valence-corrected chi connectivity index (χ0v) is 9.60. The highest BCUT2D eigenvalue weighted by Crippen LogP contribution is 2.22. The highest BCUT2D eigenvalue weighted by molar-refractivity contribution is 5.16. The van der Waals surface area contributed by atoms with Crippen molar-refractivity contribution in [1.29, 1.82) is 0 Å². The molecule has 0 aliphatic carbocycles. The van der Waals surface area contributed by atoms with Gasteiger partial charge < -0.3 is 14.9 Å². The fraction of sp³-hybridized carbons (Fsp3) is 0.700. The Morgan fingerprint density at radius 1 is 1.62 bits per heavy atom. The Morgan fingerprint density at radius 3 is 2.88 bits per heavy atom. The third-order valence-electron chi connectivity index (χ3n) is 2.27. The molecule has 16 heavy (non-hydrogen) atoms. The molecule has 0 radical (unpaired) electrons. The summed E-state index contributed by atoms with van der Waals surface area (Å²) >= 11 is 0. The van der Waals surface area contributed by atoms with Crippen LogP contribution < -0.4 is 0 Å². The summed E-state index contributed by atoms with van der Waals surface area (Å²) in [5, 5.41) is 10.5. The van der Waals surface area contributed by atoms with Gasteiger partial charge in [-0.1, -0.05) is 19.8 Å². The summed E-state index contributed by atoms with van der Waals surface area (Å²) in [5.41, 5.74) is 0. The average molecular weight is 227 g/mol. The number of hydrogen-bond acceptors (Lipinski definition) is 4. The van der Waals surface area contributed by atoms with Crippen LogP contribution >= 0.6 is 0 Å².